The lowest BCUT2D eigenvalue weighted by Crippen LogP contribution is -2.52. The van der Waals surface area contributed by atoms with Crippen LogP contribution in [0.15, 0.2) is 36.4 Å². The molecular formula is C28H42O6. The van der Waals surface area contributed by atoms with Gasteiger partial charge in [-0.2, -0.15) is 0 Å². The number of aliphatic hydroxyl groups excluding tert-OH is 6. The van der Waals surface area contributed by atoms with Crippen LogP contribution in [0, 0.1) is 39.5 Å². The van der Waals surface area contributed by atoms with Crippen LogP contribution in [-0.4, -0.2) is 67.8 Å². The number of hydrogen-bond acceptors (Lipinski definition) is 6. The van der Waals surface area contributed by atoms with Crippen molar-refractivity contribution in [3.63, 3.8) is 0 Å². The Balaban J connectivity index is 2.31. The molecule has 2 aromatic rings. The zero-order chi connectivity index (χ0) is 25.6. The smallest absolute Gasteiger partial charge is 0.111 e. The molecule has 0 heterocycles. The average molecular weight is 475 g/mol. The fourth-order valence-electron chi connectivity index (χ4n) is 4.89. The predicted octanol–water partition coefficient (Wildman–Crippen LogP) is 2.14. The maximum Gasteiger partial charge on any atom is 0.111 e. The highest BCUT2D eigenvalue weighted by Crippen LogP contribution is 2.31. The Labute approximate surface area is 203 Å². The molecule has 34 heavy (non-hydrogen) atoms. The summed E-state index contributed by atoms with van der Waals surface area (Å²) in [6.07, 6.45) is -6.14. The molecule has 7 atom stereocenters. The second kappa shape index (κ2) is 12.8. The van der Waals surface area contributed by atoms with Crippen molar-refractivity contribution in [1.82, 2.24) is 0 Å². The van der Waals surface area contributed by atoms with Crippen LogP contribution in [0.4, 0.5) is 0 Å². The van der Waals surface area contributed by atoms with Crippen molar-refractivity contribution >= 4 is 0 Å². The Morgan fingerprint density at radius 2 is 1.09 bits per heavy atom. The van der Waals surface area contributed by atoms with E-state index in [1.165, 1.54) is 16.7 Å². The molecule has 0 spiro atoms. The lowest BCUT2D eigenvalue weighted by atomic mass is 9.76. The minimum Gasteiger partial charge on any atom is -0.394 e. The van der Waals surface area contributed by atoms with Gasteiger partial charge in [-0.15, -0.1) is 0 Å². The second-order valence-electron chi connectivity index (χ2n) is 9.84. The molecule has 0 radical (unpaired) electrons. The second-order valence-corrected chi connectivity index (χ2v) is 9.84. The summed E-state index contributed by atoms with van der Waals surface area (Å²) in [5.74, 6) is -0.429. The molecule has 2 aromatic carbocycles. The highest BCUT2D eigenvalue weighted by Gasteiger charge is 2.39. The topological polar surface area (TPSA) is 121 Å². The van der Waals surface area contributed by atoms with Gasteiger partial charge in [0.05, 0.1) is 12.7 Å². The quantitative estimate of drug-likeness (QED) is 0.280. The predicted molar refractivity (Wildman–Crippen MR) is 134 cm³/mol. The molecule has 6 nitrogen and oxygen atoms in total. The van der Waals surface area contributed by atoms with Crippen LogP contribution in [0.5, 0.6) is 0 Å². The van der Waals surface area contributed by atoms with Crippen molar-refractivity contribution in [2.24, 2.45) is 11.8 Å². The van der Waals surface area contributed by atoms with Gasteiger partial charge in [0.25, 0.3) is 0 Å². The standard InChI is InChI=1S/C28H42O6/c1-16-8-6-9-17(2)21(16)13-12-20(5)23(14-22-18(3)10-7-11-19(22)4)25(31)27(33)28(34)26(32)24(30)15-29/h6-11,20,23-34H,12-15H2,1-5H3/t20?,23?,24-,25?,26+,27+,28-/m0/s1. The third-order valence-corrected chi connectivity index (χ3v) is 7.38. The minimum absolute atomic E-state index is 0.0187. The lowest BCUT2D eigenvalue weighted by molar-refractivity contribution is -0.152. The molecule has 0 aromatic heterocycles. The fraction of sp³-hybridized carbons (Fsp3) is 0.571. The van der Waals surface area contributed by atoms with Crippen molar-refractivity contribution in [2.45, 2.75) is 84.4 Å². The van der Waals surface area contributed by atoms with Crippen LogP contribution < -0.4 is 0 Å². The van der Waals surface area contributed by atoms with E-state index < -0.39 is 43.0 Å². The molecule has 0 saturated heterocycles. The number of rotatable bonds is 12. The van der Waals surface area contributed by atoms with Gasteiger partial charge in [0, 0.05) is 0 Å². The van der Waals surface area contributed by atoms with Crippen molar-refractivity contribution in [3.05, 3.63) is 69.8 Å². The Bertz CT molecular complexity index is 873. The molecule has 0 fully saturated rings. The van der Waals surface area contributed by atoms with Crippen LogP contribution in [-0.2, 0) is 12.8 Å². The maximum absolute atomic E-state index is 11.2. The van der Waals surface area contributed by atoms with Gasteiger partial charge >= 0.3 is 0 Å². The van der Waals surface area contributed by atoms with Crippen LogP contribution in [0.2, 0.25) is 0 Å². The summed E-state index contributed by atoms with van der Waals surface area (Å²) in [6.45, 7) is 9.47. The van der Waals surface area contributed by atoms with E-state index in [1.54, 1.807) is 0 Å². The number of hydrogen-bond donors (Lipinski definition) is 6. The van der Waals surface area contributed by atoms with E-state index in [0.717, 1.165) is 29.5 Å². The maximum atomic E-state index is 11.2. The molecule has 190 valence electrons. The Hall–Kier alpha value is -1.80. The molecule has 2 rings (SSSR count). The SMILES string of the molecule is Cc1cccc(C)c1CCC(C)C(Cc1c(C)cccc1C)C(O)[C@@H](O)[C@@H](O)[C@H](O)[C@@H](O)CO. The van der Waals surface area contributed by atoms with E-state index in [2.05, 4.69) is 26.0 Å². The van der Waals surface area contributed by atoms with Crippen molar-refractivity contribution < 1.29 is 30.6 Å². The van der Waals surface area contributed by atoms with Gasteiger partial charge in [0.1, 0.15) is 24.4 Å². The van der Waals surface area contributed by atoms with Gasteiger partial charge in [-0.3, -0.25) is 0 Å². The lowest BCUT2D eigenvalue weighted by Gasteiger charge is -2.36. The van der Waals surface area contributed by atoms with Crippen LogP contribution in [0.1, 0.15) is 46.7 Å². The van der Waals surface area contributed by atoms with Gasteiger partial charge in [0.2, 0.25) is 0 Å². The Morgan fingerprint density at radius 1 is 0.647 bits per heavy atom. The van der Waals surface area contributed by atoms with Gasteiger partial charge < -0.3 is 30.6 Å². The zero-order valence-electron chi connectivity index (χ0n) is 21.0. The summed E-state index contributed by atoms with van der Waals surface area (Å²) in [5, 5.41) is 61.2. The first-order valence-corrected chi connectivity index (χ1v) is 12.1. The van der Waals surface area contributed by atoms with Gasteiger partial charge in [-0.05, 0) is 92.2 Å². The number of benzene rings is 2. The first kappa shape index (κ1) is 28.4. The average Bonchev–Trinajstić information content (AvgIpc) is 2.81. The summed E-state index contributed by atoms with van der Waals surface area (Å²) < 4.78 is 0. The van der Waals surface area contributed by atoms with E-state index in [1.807, 2.05) is 45.0 Å². The van der Waals surface area contributed by atoms with Crippen molar-refractivity contribution in [3.8, 4) is 0 Å². The van der Waals surface area contributed by atoms with Crippen LogP contribution >= 0.6 is 0 Å². The highest BCUT2D eigenvalue weighted by atomic mass is 16.4. The Morgan fingerprint density at radius 3 is 1.56 bits per heavy atom. The largest absolute Gasteiger partial charge is 0.394 e. The molecule has 0 aliphatic rings. The third-order valence-electron chi connectivity index (χ3n) is 7.38. The number of aryl methyl sites for hydroxylation is 4. The van der Waals surface area contributed by atoms with Gasteiger partial charge in [0.15, 0.2) is 0 Å². The van der Waals surface area contributed by atoms with Gasteiger partial charge in [-0.25, -0.2) is 0 Å². The molecule has 6 N–H and O–H groups in total. The van der Waals surface area contributed by atoms with Crippen LogP contribution in [0.25, 0.3) is 0 Å². The summed E-state index contributed by atoms with van der Waals surface area (Å²) in [4.78, 5) is 0. The van der Waals surface area contributed by atoms with E-state index in [4.69, 9.17) is 5.11 Å². The molecule has 0 amide bonds. The van der Waals surface area contributed by atoms with Crippen molar-refractivity contribution in [1.29, 1.82) is 0 Å². The first-order valence-electron chi connectivity index (χ1n) is 12.1. The summed E-state index contributed by atoms with van der Waals surface area (Å²) in [5.41, 5.74) is 6.97. The monoisotopic (exact) mass is 474 g/mol. The zero-order valence-corrected chi connectivity index (χ0v) is 21.0. The fourth-order valence-corrected chi connectivity index (χ4v) is 4.89. The van der Waals surface area contributed by atoms with E-state index in [0.29, 0.717) is 6.42 Å². The highest BCUT2D eigenvalue weighted by molar-refractivity contribution is 5.35. The molecule has 3 unspecified atom stereocenters. The molecular weight excluding hydrogens is 432 g/mol. The van der Waals surface area contributed by atoms with E-state index >= 15 is 0 Å². The summed E-state index contributed by atoms with van der Waals surface area (Å²) >= 11 is 0. The van der Waals surface area contributed by atoms with Crippen molar-refractivity contribution in [2.75, 3.05) is 6.61 Å². The normalized spacial score (nSPS) is 18.1. The van der Waals surface area contributed by atoms with Gasteiger partial charge in [-0.1, -0.05) is 43.3 Å². The molecule has 0 saturated carbocycles. The Kier molecular flexibility index (Phi) is 10.7. The molecule has 0 aliphatic heterocycles. The van der Waals surface area contributed by atoms with E-state index in [-0.39, 0.29) is 5.92 Å². The molecule has 0 aliphatic carbocycles. The first-order chi connectivity index (χ1) is 16.0. The molecule has 0 bridgehead atoms. The van der Waals surface area contributed by atoms with E-state index in [9.17, 15) is 25.5 Å². The van der Waals surface area contributed by atoms with Crippen LogP contribution in [0.3, 0.4) is 0 Å². The third kappa shape index (κ3) is 6.87. The summed E-state index contributed by atoms with van der Waals surface area (Å²) in [6, 6.07) is 12.2. The summed E-state index contributed by atoms with van der Waals surface area (Å²) in [7, 11) is 0. The minimum atomic E-state index is -1.80. The number of aliphatic hydroxyl groups is 6. The molecule has 6 heteroatoms.